The third-order valence-corrected chi connectivity index (χ3v) is 5.01. The highest BCUT2D eigenvalue weighted by Crippen LogP contribution is 2.33. The zero-order valence-corrected chi connectivity index (χ0v) is 16.7. The van der Waals surface area contributed by atoms with Gasteiger partial charge in [-0.25, -0.2) is 4.79 Å². The number of hydrogen-bond acceptors (Lipinski definition) is 4. The van der Waals surface area contributed by atoms with Crippen LogP contribution < -0.4 is 15.0 Å². The fraction of sp³-hybridized carbons (Fsp3) is 0.318. The lowest BCUT2D eigenvalue weighted by molar-refractivity contribution is -0.122. The van der Waals surface area contributed by atoms with Gasteiger partial charge in [0.05, 0.1) is 23.8 Å². The van der Waals surface area contributed by atoms with Crippen LogP contribution in [0.3, 0.4) is 0 Å². The van der Waals surface area contributed by atoms with Gasteiger partial charge in [0.25, 0.3) is 0 Å². The molecular weight excluding hydrogens is 372 g/mol. The van der Waals surface area contributed by atoms with Gasteiger partial charge in [0.1, 0.15) is 5.75 Å². The normalized spacial score (nSPS) is 16.0. The van der Waals surface area contributed by atoms with Crippen molar-refractivity contribution in [2.24, 2.45) is 5.92 Å². The number of ether oxygens (including phenoxy) is 1. The van der Waals surface area contributed by atoms with Crippen LogP contribution in [0.1, 0.15) is 34.8 Å². The molecule has 2 aromatic rings. The molecule has 2 amide bonds. The second-order valence-electron chi connectivity index (χ2n) is 7.08. The molecule has 1 saturated heterocycles. The van der Waals surface area contributed by atoms with Crippen molar-refractivity contribution in [1.29, 1.82) is 0 Å². The number of aromatic carboxylic acids is 1. The van der Waals surface area contributed by atoms with Gasteiger partial charge in [-0.05, 0) is 50.1 Å². The van der Waals surface area contributed by atoms with Crippen LogP contribution >= 0.6 is 0 Å². The zero-order chi connectivity index (χ0) is 21.1. The van der Waals surface area contributed by atoms with Crippen molar-refractivity contribution >= 4 is 29.2 Å². The lowest BCUT2D eigenvalue weighted by Gasteiger charge is -2.20. The number of anilines is 2. The van der Waals surface area contributed by atoms with Crippen LogP contribution in [-0.4, -0.2) is 36.0 Å². The quantitative estimate of drug-likeness (QED) is 0.780. The Hall–Kier alpha value is -3.35. The number of carbonyl (C=O) groups excluding carboxylic acids is 2. The van der Waals surface area contributed by atoms with Crippen molar-refractivity contribution in [3.8, 4) is 5.75 Å². The molecule has 1 unspecified atom stereocenters. The van der Waals surface area contributed by atoms with E-state index in [9.17, 15) is 19.5 Å². The van der Waals surface area contributed by atoms with E-state index in [4.69, 9.17) is 4.74 Å². The van der Waals surface area contributed by atoms with Gasteiger partial charge < -0.3 is 20.1 Å². The minimum Gasteiger partial charge on any atom is -0.492 e. The average molecular weight is 396 g/mol. The van der Waals surface area contributed by atoms with Crippen LogP contribution in [-0.2, 0) is 9.59 Å². The summed E-state index contributed by atoms with van der Waals surface area (Å²) in [4.78, 5) is 38.3. The van der Waals surface area contributed by atoms with Crippen LogP contribution in [0.25, 0.3) is 0 Å². The number of nitrogens with zero attached hydrogens (tertiary/aromatic N) is 1. The van der Waals surface area contributed by atoms with E-state index < -0.39 is 11.9 Å². The number of aryl methyl sites for hydroxylation is 2. The molecule has 0 spiro atoms. The molecule has 1 atom stereocenters. The molecule has 0 bridgehead atoms. The molecule has 1 fully saturated rings. The standard InChI is InChI=1S/C22H24N2O5/c1-4-29-19-8-6-5-7-18(19)24-12-15(10-20(24)25)21(26)23-17-11-16(22(27)28)13(2)9-14(17)3/h5-9,11,15H,4,10,12H2,1-3H3,(H,23,26)(H,27,28). The van der Waals surface area contributed by atoms with Gasteiger partial charge in [-0.1, -0.05) is 18.2 Å². The predicted molar refractivity (Wildman–Crippen MR) is 110 cm³/mol. The Morgan fingerprint density at radius 3 is 2.62 bits per heavy atom. The number of para-hydroxylation sites is 2. The van der Waals surface area contributed by atoms with E-state index in [-0.39, 0.29) is 30.3 Å². The fourth-order valence-corrected chi connectivity index (χ4v) is 3.53. The Balaban J connectivity index is 1.78. The molecule has 2 N–H and O–H groups in total. The van der Waals surface area contributed by atoms with E-state index >= 15 is 0 Å². The van der Waals surface area contributed by atoms with E-state index in [0.717, 1.165) is 5.56 Å². The molecule has 152 valence electrons. The van der Waals surface area contributed by atoms with Crippen molar-refractivity contribution in [3.63, 3.8) is 0 Å². The first-order valence-electron chi connectivity index (χ1n) is 9.49. The van der Waals surface area contributed by atoms with Gasteiger partial charge in [-0.15, -0.1) is 0 Å². The Labute approximate surface area is 169 Å². The van der Waals surface area contributed by atoms with Gasteiger partial charge in [0.15, 0.2) is 0 Å². The summed E-state index contributed by atoms with van der Waals surface area (Å²) in [5, 5.41) is 12.1. The van der Waals surface area contributed by atoms with E-state index in [1.54, 1.807) is 36.9 Å². The highest BCUT2D eigenvalue weighted by atomic mass is 16.5. The smallest absolute Gasteiger partial charge is 0.336 e. The lowest BCUT2D eigenvalue weighted by Crippen LogP contribution is -2.28. The molecule has 0 radical (unpaired) electrons. The maximum absolute atomic E-state index is 12.8. The SMILES string of the molecule is CCOc1ccccc1N1CC(C(=O)Nc2cc(C(=O)O)c(C)cc2C)CC1=O. The monoisotopic (exact) mass is 396 g/mol. The van der Waals surface area contributed by atoms with E-state index in [0.29, 0.717) is 29.3 Å². The van der Waals surface area contributed by atoms with Crippen LogP contribution in [0.15, 0.2) is 36.4 Å². The summed E-state index contributed by atoms with van der Waals surface area (Å²) in [5.74, 6) is -1.44. The van der Waals surface area contributed by atoms with E-state index in [1.165, 1.54) is 6.07 Å². The zero-order valence-electron chi connectivity index (χ0n) is 16.7. The fourth-order valence-electron chi connectivity index (χ4n) is 3.53. The van der Waals surface area contributed by atoms with Gasteiger partial charge in [0.2, 0.25) is 11.8 Å². The predicted octanol–water partition coefficient (Wildman–Crippen LogP) is 3.39. The summed E-state index contributed by atoms with van der Waals surface area (Å²) in [6.07, 6.45) is 0.0863. The second-order valence-corrected chi connectivity index (χ2v) is 7.08. The van der Waals surface area contributed by atoms with Crippen molar-refractivity contribution in [3.05, 3.63) is 53.1 Å². The van der Waals surface area contributed by atoms with Crippen LogP contribution in [0.5, 0.6) is 5.75 Å². The van der Waals surface area contributed by atoms with Crippen LogP contribution in [0.2, 0.25) is 0 Å². The van der Waals surface area contributed by atoms with Crippen LogP contribution in [0, 0.1) is 19.8 Å². The number of carboxylic acid groups (broad SMARTS) is 1. The Morgan fingerprint density at radius 1 is 1.21 bits per heavy atom. The molecule has 0 aromatic heterocycles. The summed E-state index contributed by atoms with van der Waals surface area (Å²) >= 11 is 0. The summed E-state index contributed by atoms with van der Waals surface area (Å²) in [6, 6.07) is 10.4. The van der Waals surface area contributed by atoms with Crippen LogP contribution in [0.4, 0.5) is 11.4 Å². The topological polar surface area (TPSA) is 95.9 Å². The number of hydrogen-bond donors (Lipinski definition) is 2. The summed E-state index contributed by atoms with van der Waals surface area (Å²) in [5.41, 5.74) is 2.63. The number of nitrogens with one attached hydrogen (secondary N) is 1. The molecule has 1 aliphatic rings. The third kappa shape index (κ3) is 4.23. The van der Waals surface area contributed by atoms with E-state index in [2.05, 4.69) is 5.32 Å². The van der Waals surface area contributed by atoms with Gasteiger partial charge in [0, 0.05) is 18.7 Å². The highest BCUT2D eigenvalue weighted by Gasteiger charge is 2.36. The largest absolute Gasteiger partial charge is 0.492 e. The Morgan fingerprint density at radius 2 is 1.93 bits per heavy atom. The first-order chi connectivity index (χ1) is 13.8. The first kappa shape index (κ1) is 20.4. The molecule has 3 rings (SSSR count). The summed E-state index contributed by atoms with van der Waals surface area (Å²) in [7, 11) is 0. The summed E-state index contributed by atoms with van der Waals surface area (Å²) in [6.45, 7) is 6.10. The highest BCUT2D eigenvalue weighted by molar-refractivity contribution is 6.04. The molecule has 1 aliphatic heterocycles. The molecular formula is C22H24N2O5. The number of carboxylic acids is 1. The Kier molecular flexibility index (Phi) is 5.87. The molecule has 0 aliphatic carbocycles. The minimum atomic E-state index is -1.05. The molecule has 0 saturated carbocycles. The van der Waals surface area contributed by atoms with Crippen molar-refractivity contribution in [1.82, 2.24) is 0 Å². The third-order valence-electron chi connectivity index (χ3n) is 5.01. The minimum absolute atomic E-state index is 0.0863. The maximum atomic E-state index is 12.8. The second kappa shape index (κ2) is 8.34. The number of rotatable bonds is 6. The lowest BCUT2D eigenvalue weighted by atomic mass is 10.0. The molecule has 7 heteroatoms. The summed E-state index contributed by atoms with van der Waals surface area (Å²) < 4.78 is 5.60. The van der Waals surface area contributed by atoms with Crippen molar-refractivity contribution in [2.45, 2.75) is 27.2 Å². The first-order valence-corrected chi connectivity index (χ1v) is 9.49. The van der Waals surface area contributed by atoms with Gasteiger partial charge in [-0.2, -0.15) is 0 Å². The van der Waals surface area contributed by atoms with Crippen molar-refractivity contribution < 1.29 is 24.2 Å². The number of benzene rings is 2. The van der Waals surface area contributed by atoms with Gasteiger partial charge in [-0.3, -0.25) is 9.59 Å². The molecule has 29 heavy (non-hydrogen) atoms. The van der Waals surface area contributed by atoms with E-state index in [1.807, 2.05) is 19.1 Å². The molecule has 1 heterocycles. The van der Waals surface area contributed by atoms with Gasteiger partial charge >= 0.3 is 5.97 Å². The molecule has 2 aromatic carbocycles. The number of carbonyl (C=O) groups is 3. The average Bonchev–Trinajstić information content (AvgIpc) is 3.06. The van der Waals surface area contributed by atoms with Crippen molar-refractivity contribution in [2.75, 3.05) is 23.4 Å². The molecule has 7 nitrogen and oxygen atoms in total. The Bertz CT molecular complexity index is 970. The maximum Gasteiger partial charge on any atom is 0.336 e. The number of amides is 2.